The van der Waals surface area contributed by atoms with Crippen LogP contribution >= 0.6 is 0 Å². The van der Waals surface area contributed by atoms with E-state index < -0.39 is 0 Å². The summed E-state index contributed by atoms with van der Waals surface area (Å²) in [6.45, 7) is 6.49. The quantitative estimate of drug-likeness (QED) is 0.813. The molecule has 1 amide bonds. The molecule has 4 heteroatoms. The van der Waals surface area contributed by atoms with Gasteiger partial charge in [-0.25, -0.2) is 0 Å². The molecule has 0 bridgehead atoms. The van der Waals surface area contributed by atoms with Gasteiger partial charge in [0, 0.05) is 0 Å². The highest BCUT2D eigenvalue weighted by atomic mass is 16.5. The van der Waals surface area contributed by atoms with E-state index in [1.54, 1.807) is 31.4 Å². The van der Waals surface area contributed by atoms with Crippen LogP contribution in [-0.4, -0.2) is 19.6 Å². The van der Waals surface area contributed by atoms with Crippen molar-refractivity contribution < 1.29 is 14.3 Å². The molecule has 0 saturated carbocycles. The van der Waals surface area contributed by atoms with Gasteiger partial charge in [-0.3, -0.25) is 4.79 Å². The van der Waals surface area contributed by atoms with Gasteiger partial charge in [-0.15, -0.1) is 0 Å². The number of methoxy groups -OCH3 is 1. The minimum Gasteiger partial charge on any atom is -0.497 e. The first-order valence-electron chi connectivity index (χ1n) is 8.48. The number of hydrogen-bond donors (Lipinski definition) is 1. The Kier molecular flexibility index (Phi) is 6.45. The van der Waals surface area contributed by atoms with E-state index in [0.29, 0.717) is 5.75 Å². The first kappa shape index (κ1) is 18.8. The molecule has 2 rings (SSSR count). The topological polar surface area (TPSA) is 47.6 Å². The van der Waals surface area contributed by atoms with Gasteiger partial charge in [0.25, 0.3) is 5.91 Å². The summed E-state index contributed by atoms with van der Waals surface area (Å²) in [4.78, 5) is 12.3. The van der Waals surface area contributed by atoms with E-state index in [4.69, 9.17) is 9.47 Å². The molecule has 1 unspecified atom stereocenters. The fourth-order valence-electron chi connectivity index (χ4n) is 2.61. The number of carbonyl (C=O) groups is 1. The maximum atomic E-state index is 12.3. The van der Waals surface area contributed by atoms with E-state index in [-0.39, 0.29) is 24.0 Å². The maximum Gasteiger partial charge on any atom is 0.258 e. The summed E-state index contributed by atoms with van der Waals surface area (Å²) in [6, 6.07) is 17.2. The average molecular weight is 341 g/mol. The number of amides is 1. The van der Waals surface area contributed by atoms with Gasteiger partial charge in [-0.1, -0.05) is 51.1 Å². The van der Waals surface area contributed by atoms with Gasteiger partial charge in [0.1, 0.15) is 11.5 Å². The van der Waals surface area contributed by atoms with Gasteiger partial charge in [0.05, 0.1) is 13.2 Å². The highest BCUT2D eigenvalue weighted by Gasteiger charge is 2.22. The molecule has 0 heterocycles. The Morgan fingerprint density at radius 1 is 1.00 bits per heavy atom. The summed E-state index contributed by atoms with van der Waals surface area (Å²) in [5.41, 5.74) is 1.21. The Morgan fingerprint density at radius 3 is 2.16 bits per heavy atom. The lowest BCUT2D eigenvalue weighted by molar-refractivity contribution is -0.124. The standard InChI is InChI=1S/C21H27NO3/c1-21(2,3)14-19(16-8-6-5-7-9-16)22-20(23)15-25-18-12-10-17(24-4)11-13-18/h5-13,19H,14-15H2,1-4H3,(H,22,23). The zero-order chi connectivity index (χ0) is 18.3. The van der Waals surface area contributed by atoms with Crippen molar-refractivity contribution in [3.05, 3.63) is 60.2 Å². The van der Waals surface area contributed by atoms with Crippen LogP contribution in [0.25, 0.3) is 0 Å². The lowest BCUT2D eigenvalue weighted by atomic mass is 9.85. The van der Waals surface area contributed by atoms with Crippen molar-refractivity contribution in [3.8, 4) is 11.5 Å². The molecule has 0 aliphatic carbocycles. The van der Waals surface area contributed by atoms with Crippen LogP contribution in [0.3, 0.4) is 0 Å². The van der Waals surface area contributed by atoms with Gasteiger partial charge in [0.2, 0.25) is 0 Å². The molecule has 0 radical (unpaired) electrons. The highest BCUT2D eigenvalue weighted by Crippen LogP contribution is 2.29. The van der Waals surface area contributed by atoms with Crippen LogP contribution < -0.4 is 14.8 Å². The number of nitrogens with one attached hydrogen (secondary N) is 1. The van der Waals surface area contributed by atoms with E-state index in [9.17, 15) is 4.79 Å². The summed E-state index contributed by atoms with van der Waals surface area (Å²) >= 11 is 0. The minimum absolute atomic E-state index is 0.0141. The molecule has 4 nitrogen and oxygen atoms in total. The molecule has 0 spiro atoms. The van der Waals surface area contributed by atoms with E-state index in [1.165, 1.54) is 0 Å². The largest absolute Gasteiger partial charge is 0.497 e. The van der Waals surface area contributed by atoms with Crippen LogP contribution in [0.1, 0.15) is 38.8 Å². The van der Waals surface area contributed by atoms with Crippen LogP contribution in [0.15, 0.2) is 54.6 Å². The number of ether oxygens (including phenoxy) is 2. The molecule has 2 aromatic rings. The van der Waals surface area contributed by atoms with Crippen molar-refractivity contribution in [1.29, 1.82) is 0 Å². The molecular formula is C21H27NO3. The van der Waals surface area contributed by atoms with Crippen molar-refractivity contribution in [1.82, 2.24) is 5.32 Å². The normalized spacial score (nSPS) is 12.3. The molecule has 25 heavy (non-hydrogen) atoms. The summed E-state index contributed by atoms with van der Waals surface area (Å²) in [5.74, 6) is 1.27. The van der Waals surface area contributed by atoms with E-state index in [0.717, 1.165) is 17.7 Å². The average Bonchev–Trinajstić information content (AvgIpc) is 2.59. The number of benzene rings is 2. The number of rotatable bonds is 7. The van der Waals surface area contributed by atoms with Gasteiger partial charge in [0.15, 0.2) is 6.61 Å². The number of carbonyl (C=O) groups excluding carboxylic acids is 1. The lowest BCUT2D eigenvalue weighted by Crippen LogP contribution is -2.34. The fourth-order valence-corrected chi connectivity index (χ4v) is 2.61. The third-order valence-electron chi connectivity index (χ3n) is 3.78. The van der Waals surface area contributed by atoms with Gasteiger partial charge < -0.3 is 14.8 Å². The Bertz CT molecular complexity index is 660. The van der Waals surface area contributed by atoms with Crippen molar-refractivity contribution in [2.24, 2.45) is 5.41 Å². The van der Waals surface area contributed by atoms with Crippen molar-refractivity contribution >= 4 is 5.91 Å². The van der Waals surface area contributed by atoms with Gasteiger partial charge >= 0.3 is 0 Å². The second-order valence-corrected chi connectivity index (χ2v) is 7.26. The molecule has 0 aliphatic heterocycles. The lowest BCUT2D eigenvalue weighted by Gasteiger charge is -2.27. The van der Waals surface area contributed by atoms with Crippen molar-refractivity contribution in [3.63, 3.8) is 0 Å². The van der Waals surface area contributed by atoms with E-state index in [2.05, 4.69) is 26.1 Å². The molecule has 1 atom stereocenters. The predicted molar refractivity (Wildman–Crippen MR) is 99.9 cm³/mol. The summed E-state index contributed by atoms with van der Waals surface area (Å²) < 4.78 is 10.7. The molecule has 1 N–H and O–H groups in total. The Morgan fingerprint density at radius 2 is 1.60 bits per heavy atom. The highest BCUT2D eigenvalue weighted by molar-refractivity contribution is 5.78. The predicted octanol–water partition coefficient (Wildman–Crippen LogP) is 4.37. The first-order valence-corrected chi connectivity index (χ1v) is 8.48. The van der Waals surface area contributed by atoms with Crippen molar-refractivity contribution in [2.75, 3.05) is 13.7 Å². The van der Waals surface area contributed by atoms with Crippen LogP contribution in [-0.2, 0) is 4.79 Å². The molecule has 134 valence electrons. The first-order chi connectivity index (χ1) is 11.9. The van der Waals surface area contributed by atoms with Crippen LogP contribution in [0.4, 0.5) is 0 Å². The maximum absolute atomic E-state index is 12.3. The third kappa shape index (κ3) is 6.49. The molecule has 0 saturated heterocycles. The van der Waals surface area contributed by atoms with E-state index in [1.807, 2.05) is 30.3 Å². The Labute approximate surface area is 150 Å². The summed E-state index contributed by atoms with van der Waals surface area (Å²) in [6.07, 6.45) is 0.852. The summed E-state index contributed by atoms with van der Waals surface area (Å²) in [7, 11) is 1.61. The van der Waals surface area contributed by atoms with E-state index >= 15 is 0 Å². The van der Waals surface area contributed by atoms with Gasteiger partial charge in [-0.05, 0) is 41.7 Å². The smallest absolute Gasteiger partial charge is 0.258 e. The van der Waals surface area contributed by atoms with Crippen LogP contribution in [0, 0.1) is 5.41 Å². The third-order valence-corrected chi connectivity index (χ3v) is 3.78. The second kappa shape index (κ2) is 8.56. The molecular weight excluding hydrogens is 314 g/mol. The summed E-state index contributed by atoms with van der Waals surface area (Å²) in [5, 5.41) is 3.09. The van der Waals surface area contributed by atoms with Gasteiger partial charge in [-0.2, -0.15) is 0 Å². The second-order valence-electron chi connectivity index (χ2n) is 7.26. The zero-order valence-corrected chi connectivity index (χ0v) is 15.4. The minimum atomic E-state index is -0.131. The molecule has 0 fully saturated rings. The molecule has 0 aromatic heterocycles. The molecule has 2 aromatic carbocycles. The zero-order valence-electron chi connectivity index (χ0n) is 15.4. The Balaban J connectivity index is 1.96. The molecule has 0 aliphatic rings. The monoisotopic (exact) mass is 341 g/mol. The SMILES string of the molecule is COc1ccc(OCC(=O)NC(CC(C)(C)C)c2ccccc2)cc1. The number of hydrogen-bond acceptors (Lipinski definition) is 3. The van der Waals surface area contributed by atoms with Crippen molar-refractivity contribution in [2.45, 2.75) is 33.2 Å². The fraction of sp³-hybridized carbons (Fsp3) is 0.381. The van der Waals surface area contributed by atoms with Crippen LogP contribution in [0.2, 0.25) is 0 Å². The Hall–Kier alpha value is -2.49. The van der Waals surface area contributed by atoms with Crippen LogP contribution in [0.5, 0.6) is 11.5 Å².